The van der Waals surface area contributed by atoms with Crippen LogP contribution in [0.3, 0.4) is 0 Å². The van der Waals surface area contributed by atoms with Gasteiger partial charge in [-0.05, 0) is 51.4 Å². The van der Waals surface area contributed by atoms with Crippen molar-refractivity contribution in [3.05, 3.63) is 0 Å². The lowest BCUT2D eigenvalue weighted by atomic mass is 10.0. The Balaban J connectivity index is 0. The summed E-state index contributed by atoms with van der Waals surface area (Å²) in [4.78, 5) is 62.3. The summed E-state index contributed by atoms with van der Waals surface area (Å²) in [5, 5.41) is 22.1. The zero-order chi connectivity index (χ0) is 58.5. The minimum Gasteiger partial charge on any atom is -0.462 e. The molecule has 0 heterocycles. The lowest BCUT2D eigenvalue weighted by Crippen LogP contribution is -2.44. The van der Waals surface area contributed by atoms with E-state index in [-0.39, 0.29) is 60.6 Å². The molecule has 11 heteroatoms. The molecule has 5 N–H and O–H groups in total. The molecule has 11 nitrogen and oxygen atoms in total. The number of carbonyl (C=O) groups is 5. The van der Waals surface area contributed by atoms with Crippen molar-refractivity contribution >= 4 is 29.6 Å². The maximum atomic E-state index is 12.9. The van der Waals surface area contributed by atoms with Crippen LogP contribution < -0.4 is 21.3 Å². The first-order chi connectivity index (χ1) is 38.5. The van der Waals surface area contributed by atoms with Crippen LogP contribution in [0.4, 0.5) is 0 Å². The largest absolute Gasteiger partial charge is 0.462 e. The molecule has 0 bridgehead atoms. The molecule has 0 aliphatic carbocycles. The fraction of sp³-hybridized carbons (Fsp3) is 0.926. The second-order valence-corrected chi connectivity index (χ2v) is 23.7. The van der Waals surface area contributed by atoms with Crippen molar-refractivity contribution in [1.82, 2.24) is 21.3 Å². The van der Waals surface area contributed by atoms with Gasteiger partial charge in [-0.15, -0.1) is 0 Å². The molecule has 79 heavy (non-hydrogen) atoms. The number of esters is 1. The molecule has 0 fully saturated rings. The number of amides is 4. The van der Waals surface area contributed by atoms with Gasteiger partial charge < -0.3 is 31.1 Å². The summed E-state index contributed by atoms with van der Waals surface area (Å²) in [5.74, 6) is -0.247. The fourth-order valence-corrected chi connectivity index (χ4v) is 10.2. The Morgan fingerprint density at radius 1 is 0.329 bits per heavy atom. The maximum absolute atomic E-state index is 12.9. The predicted octanol–water partition coefficient (Wildman–Crippen LogP) is 18.1. The third-order valence-electron chi connectivity index (χ3n) is 15.7. The van der Waals surface area contributed by atoms with E-state index in [1.54, 1.807) is 0 Å². The molecule has 0 saturated carbocycles. The second-order valence-electron chi connectivity index (χ2n) is 23.7. The fourth-order valence-electron chi connectivity index (χ4n) is 10.2. The average molecular weight is 1120 g/mol. The molecule has 0 radical (unpaired) electrons. The standard InChI is InChI=1S/C40H78N2O4.C28H56N2O3/c1-5-9-12-15-17-19-20-22-23-26-29-32-38(43)42-36(8-4)35-41-39(44)34-37(31-28-25-14-11-7-3)46-40(45)33-30-27-24-21-18-16-13-10-6-2;1-4-7-9-11-12-13-14-15-16-18-20-22-27(32)30-25(6-3)24-29-28(33)23-26(31)21-19-17-10-8-5-2/h36-37H,5-35H2,1-4H3,(H,41,44)(H,42,43);25-26,31H,4-24H2,1-3H3,(H,29,33)(H,30,32)/t36-,37+;25-,26+/m00/s1. The van der Waals surface area contributed by atoms with E-state index < -0.39 is 6.10 Å². The molecular weight excluding hydrogens is 985 g/mol. The minimum absolute atomic E-state index is 0.0413. The summed E-state index contributed by atoms with van der Waals surface area (Å²) >= 11 is 0. The van der Waals surface area contributed by atoms with Crippen LogP contribution in [0.2, 0.25) is 0 Å². The van der Waals surface area contributed by atoms with E-state index in [0.29, 0.717) is 38.8 Å². The molecule has 0 aliphatic rings. The molecule has 0 saturated heterocycles. The van der Waals surface area contributed by atoms with Crippen molar-refractivity contribution in [1.29, 1.82) is 0 Å². The van der Waals surface area contributed by atoms with Gasteiger partial charge >= 0.3 is 5.97 Å². The number of aliphatic hydroxyl groups excluding tert-OH is 1. The number of aliphatic hydroxyl groups is 1. The molecule has 0 spiro atoms. The van der Waals surface area contributed by atoms with Gasteiger partial charge in [-0.2, -0.15) is 0 Å². The van der Waals surface area contributed by atoms with Gasteiger partial charge in [0.15, 0.2) is 0 Å². The van der Waals surface area contributed by atoms with Crippen LogP contribution in [0.25, 0.3) is 0 Å². The first kappa shape index (κ1) is 78.4. The highest BCUT2D eigenvalue weighted by atomic mass is 16.5. The highest BCUT2D eigenvalue weighted by Crippen LogP contribution is 2.18. The lowest BCUT2D eigenvalue weighted by Gasteiger charge is -2.20. The zero-order valence-electron chi connectivity index (χ0n) is 53.5. The Morgan fingerprint density at radius 3 is 0.937 bits per heavy atom. The lowest BCUT2D eigenvalue weighted by molar-refractivity contribution is -0.151. The number of nitrogens with one attached hydrogen (secondary N) is 4. The van der Waals surface area contributed by atoms with E-state index in [9.17, 15) is 29.1 Å². The number of ether oxygens (including phenoxy) is 1. The van der Waals surface area contributed by atoms with E-state index >= 15 is 0 Å². The van der Waals surface area contributed by atoms with Crippen LogP contribution in [0.1, 0.15) is 370 Å². The van der Waals surface area contributed by atoms with E-state index in [2.05, 4.69) is 55.9 Å². The SMILES string of the molecule is CCCCCCCCCCCCCC(=O)N[C@@H](CC)CNC(=O)C[C@@H](CCCCCCC)OC(=O)CCCCCCCCCCC.CCCCCCCCCCCCCC(=O)N[C@@H](CC)CNC(=O)C[C@H](O)CCCCCCC. The molecule has 0 aromatic heterocycles. The summed E-state index contributed by atoms with van der Waals surface area (Å²) in [6.45, 7) is 16.0. The van der Waals surface area contributed by atoms with Gasteiger partial charge in [-0.1, -0.05) is 286 Å². The quantitative estimate of drug-likeness (QED) is 0.0299. The van der Waals surface area contributed by atoms with E-state index in [1.165, 1.54) is 199 Å². The van der Waals surface area contributed by atoms with Crippen LogP contribution in [0.15, 0.2) is 0 Å². The first-order valence-corrected chi connectivity index (χ1v) is 34.5. The average Bonchev–Trinajstić information content (AvgIpc) is 3.43. The third-order valence-corrected chi connectivity index (χ3v) is 15.7. The Kier molecular flexibility index (Phi) is 62.4. The molecule has 0 aromatic carbocycles. The van der Waals surface area contributed by atoms with Crippen LogP contribution in [0, 0.1) is 0 Å². The van der Waals surface area contributed by atoms with E-state index in [0.717, 1.165) is 83.5 Å². The first-order valence-electron chi connectivity index (χ1n) is 34.5. The van der Waals surface area contributed by atoms with E-state index in [4.69, 9.17) is 4.74 Å². The molecule has 4 atom stereocenters. The monoisotopic (exact) mass is 1120 g/mol. The Morgan fingerprint density at radius 2 is 0.608 bits per heavy atom. The van der Waals surface area contributed by atoms with E-state index in [1.807, 2.05) is 13.8 Å². The molecular formula is C68H134N4O7. The highest BCUT2D eigenvalue weighted by molar-refractivity contribution is 5.79. The number of carbonyl (C=O) groups excluding carboxylic acids is 5. The summed E-state index contributed by atoms with van der Waals surface area (Å²) in [6.07, 6.45) is 54.2. The van der Waals surface area contributed by atoms with Crippen molar-refractivity contribution in [2.24, 2.45) is 0 Å². The topological polar surface area (TPSA) is 163 Å². The summed E-state index contributed by atoms with van der Waals surface area (Å²) in [6, 6.07) is -0.119. The normalized spacial score (nSPS) is 12.7. The molecule has 468 valence electrons. The van der Waals surface area contributed by atoms with Crippen LogP contribution in [-0.2, 0) is 28.7 Å². The Labute approximate surface area is 489 Å². The summed E-state index contributed by atoms with van der Waals surface area (Å²) in [7, 11) is 0. The third kappa shape index (κ3) is 59.7. The smallest absolute Gasteiger partial charge is 0.306 e. The zero-order valence-corrected chi connectivity index (χ0v) is 53.5. The Hall–Kier alpha value is -2.69. The molecule has 0 aliphatic heterocycles. The maximum Gasteiger partial charge on any atom is 0.306 e. The summed E-state index contributed by atoms with van der Waals surface area (Å²) < 4.78 is 5.83. The van der Waals surface area contributed by atoms with Crippen molar-refractivity contribution < 1.29 is 33.8 Å². The minimum atomic E-state index is -0.567. The summed E-state index contributed by atoms with van der Waals surface area (Å²) in [5.41, 5.74) is 0. The number of rotatable bonds is 59. The highest BCUT2D eigenvalue weighted by Gasteiger charge is 2.20. The van der Waals surface area contributed by atoms with Gasteiger partial charge in [0.1, 0.15) is 6.10 Å². The van der Waals surface area contributed by atoms with Gasteiger partial charge in [-0.3, -0.25) is 24.0 Å². The van der Waals surface area contributed by atoms with Gasteiger partial charge in [0.2, 0.25) is 23.6 Å². The van der Waals surface area contributed by atoms with Crippen LogP contribution in [-0.4, -0.2) is 72.1 Å². The van der Waals surface area contributed by atoms with Crippen LogP contribution >= 0.6 is 0 Å². The molecule has 4 amide bonds. The van der Waals surface area contributed by atoms with Crippen molar-refractivity contribution in [2.45, 2.75) is 394 Å². The number of hydrogen-bond donors (Lipinski definition) is 5. The molecule has 0 rings (SSSR count). The Bertz CT molecular complexity index is 1350. The van der Waals surface area contributed by atoms with Crippen LogP contribution in [0.5, 0.6) is 0 Å². The van der Waals surface area contributed by atoms with Gasteiger partial charge in [-0.25, -0.2) is 0 Å². The number of hydrogen-bond acceptors (Lipinski definition) is 7. The van der Waals surface area contributed by atoms with Crippen molar-refractivity contribution in [3.63, 3.8) is 0 Å². The molecule has 0 aromatic rings. The number of unbranched alkanes of at least 4 members (excludes halogenated alkanes) is 36. The van der Waals surface area contributed by atoms with Gasteiger partial charge in [0, 0.05) is 44.4 Å². The van der Waals surface area contributed by atoms with Crippen molar-refractivity contribution in [3.8, 4) is 0 Å². The predicted molar refractivity (Wildman–Crippen MR) is 336 cm³/mol. The van der Waals surface area contributed by atoms with Crippen molar-refractivity contribution in [2.75, 3.05) is 13.1 Å². The molecule has 0 unspecified atom stereocenters. The van der Waals surface area contributed by atoms with Gasteiger partial charge in [0.05, 0.1) is 18.9 Å². The van der Waals surface area contributed by atoms with Gasteiger partial charge in [0.25, 0.3) is 0 Å². The second kappa shape index (κ2) is 62.9.